The second-order valence-corrected chi connectivity index (χ2v) is 10.5. The number of nitrogens with zero attached hydrogens (tertiary/aromatic N) is 1. The van der Waals surface area contributed by atoms with Gasteiger partial charge in [0.05, 0.1) is 5.92 Å². The van der Waals surface area contributed by atoms with Crippen LogP contribution < -0.4 is 10.6 Å². The molecule has 3 aliphatic heterocycles. The van der Waals surface area contributed by atoms with Gasteiger partial charge in [0.2, 0.25) is 11.8 Å². The van der Waals surface area contributed by atoms with Gasteiger partial charge < -0.3 is 10.6 Å². The first-order chi connectivity index (χ1) is 14.3. The average molecular weight is 412 g/mol. The number of hydrogen-bond donors (Lipinski definition) is 2. The zero-order valence-electron chi connectivity index (χ0n) is 18.9. The molecule has 5 heteroatoms. The van der Waals surface area contributed by atoms with Gasteiger partial charge in [-0.15, -0.1) is 0 Å². The van der Waals surface area contributed by atoms with Crippen LogP contribution in [0.1, 0.15) is 46.1 Å². The minimum Gasteiger partial charge on any atom is -0.354 e. The molecule has 30 heavy (non-hydrogen) atoms. The fourth-order valence-electron chi connectivity index (χ4n) is 6.19. The van der Waals surface area contributed by atoms with E-state index in [0.717, 1.165) is 32.4 Å². The molecule has 0 unspecified atom stereocenters. The molecule has 1 aromatic rings. The third-order valence-electron chi connectivity index (χ3n) is 7.34. The Morgan fingerprint density at radius 2 is 1.93 bits per heavy atom. The molecule has 0 spiro atoms. The normalized spacial score (nSPS) is 33.1. The Bertz CT molecular complexity index is 778. The Labute approximate surface area is 181 Å². The maximum Gasteiger partial charge on any atom is 0.246 e. The maximum absolute atomic E-state index is 13.6. The second-order valence-electron chi connectivity index (χ2n) is 10.5. The van der Waals surface area contributed by atoms with Crippen LogP contribution in [0.3, 0.4) is 0 Å². The van der Waals surface area contributed by atoms with Gasteiger partial charge in [-0.1, -0.05) is 58.0 Å². The Morgan fingerprint density at radius 1 is 1.20 bits per heavy atom. The largest absolute Gasteiger partial charge is 0.354 e. The van der Waals surface area contributed by atoms with Crippen molar-refractivity contribution in [2.45, 2.75) is 58.5 Å². The quantitative estimate of drug-likeness (QED) is 0.725. The molecule has 0 radical (unpaired) electrons. The Hall–Kier alpha value is -1.88. The summed E-state index contributed by atoms with van der Waals surface area (Å²) in [6.45, 7) is 11.4. The number of likely N-dealkylation sites (tertiary alicyclic amines) is 1. The molecule has 3 heterocycles. The zero-order valence-corrected chi connectivity index (χ0v) is 18.9. The van der Waals surface area contributed by atoms with Crippen molar-refractivity contribution < 1.29 is 9.59 Å². The van der Waals surface area contributed by atoms with Gasteiger partial charge in [-0.25, -0.2) is 0 Å². The summed E-state index contributed by atoms with van der Waals surface area (Å²) in [5, 5.41) is 6.43. The van der Waals surface area contributed by atoms with Crippen LogP contribution in [0, 0.1) is 29.6 Å². The number of hydrogen-bond acceptors (Lipinski definition) is 3. The Balaban J connectivity index is 1.73. The topological polar surface area (TPSA) is 61.4 Å². The van der Waals surface area contributed by atoms with Crippen LogP contribution in [0.5, 0.6) is 0 Å². The number of carbonyl (C=O) groups excluding carboxylic acids is 2. The van der Waals surface area contributed by atoms with Gasteiger partial charge in [-0.05, 0) is 49.1 Å². The SMILES string of the molecule is CC(C)CNC(=O)[C@@]12C[C@@H]3CCN(CC(C)C)[C@@H]([C@@H]3C(=O)N1)[C@H]2Cc1ccccc1. The minimum absolute atomic E-state index is 0.00554. The highest BCUT2D eigenvalue weighted by atomic mass is 16.2. The van der Waals surface area contributed by atoms with Crippen molar-refractivity contribution in [3.05, 3.63) is 35.9 Å². The minimum atomic E-state index is -0.804. The van der Waals surface area contributed by atoms with Crippen LogP contribution >= 0.6 is 0 Å². The number of fused-ring (bicyclic) bond motifs is 1. The van der Waals surface area contributed by atoms with E-state index in [1.54, 1.807) is 0 Å². The van der Waals surface area contributed by atoms with Crippen molar-refractivity contribution in [1.82, 2.24) is 15.5 Å². The van der Waals surface area contributed by atoms with Gasteiger partial charge >= 0.3 is 0 Å². The van der Waals surface area contributed by atoms with Crippen molar-refractivity contribution in [3.63, 3.8) is 0 Å². The molecule has 1 aromatic carbocycles. The Kier molecular flexibility index (Phi) is 5.93. The number of nitrogens with one attached hydrogen (secondary N) is 2. The number of carbonyl (C=O) groups is 2. The van der Waals surface area contributed by atoms with Gasteiger partial charge in [0.1, 0.15) is 5.54 Å². The summed E-state index contributed by atoms with van der Waals surface area (Å²) in [5.41, 5.74) is 0.439. The fraction of sp³-hybridized carbons (Fsp3) is 0.680. The van der Waals surface area contributed by atoms with E-state index in [9.17, 15) is 9.59 Å². The van der Waals surface area contributed by atoms with E-state index in [1.807, 2.05) is 6.07 Å². The standard InChI is InChI=1S/C25H37N3O2/c1-16(2)14-26-24(30)25-13-19-10-11-28(15-17(3)4)22(21(19)23(29)27-25)20(25)12-18-8-6-5-7-9-18/h5-9,16-17,19-22H,10-15H2,1-4H3,(H,26,30)(H,27,29)/t19-,20+,21+,22+,25-/m0/s1. The molecule has 1 saturated carbocycles. The molecule has 4 fully saturated rings. The molecule has 2 N–H and O–H groups in total. The second kappa shape index (κ2) is 8.33. The molecular formula is C25H37N3O2. The first-order valence-corrected chi connectivity index (χ1v) is 11.7. The fourth-order valence-corrected chi connectivity index (χ4v) is 6.19. The predicted octanol–water partition coefficient (Wildman–Crippen LogP) is 2.85. The highest BCUT2D eigenvalue weighted by Crippen LogP contribution is 2.52. The lowest BCUT2D eigenvalue weighted by Crippen LogP contribution is -2.80. The lowest BCUT2D eigenvalue weighted by Gasteiger charge is -2.63. The van der Waals surface area contributed by atoms with Crippen LogP contribution in [0.15, 0.2) is 30.3 Å². The third-order valence-corrected chi connectivity index (χ3v) is 7.34. The first-order valence-electron chi connectivity index (χ1n) is 11.7. The number of piperidine rings is 3. The summed E-state index contributed by atoms with van der Waals surface area (Å²) in [7, 11) is 0. The van der Waals surface area contributed by atoms with Crippen LogP contribution in [-0.4, -0.2) is 47.9 Å². The molecule has 5 rings (SSSR count). The van der Waals surface area contributed by atoms with E-state index in [1.165, 1.54) is 5.56 Å². The molecular weight excluding hydrogens is 374 g/mol. The van der Waals surface area contributed by atoms with Crippen molar-refractivity contribution in [2.24, 2.45) is 29.6 Å². The summed E-state index contributed by atoms with van der Waals surface area (Å²) < 4.78 is 0. The lowest BCUT2D eigenvalue weighted by molar-refractivity contribution is -0.171. The molecule has 3 saturated heterocycles. The van der Waals surface area contributed by atoms with E-state index < -0.39 is 5.54 Å². The molecule has 4 aliphatic rings. The number of benzene rings is 1. The highest BCUT2D eigenvalue weighted by molar-refractivity contribution is 5.96. The van der Waals surface area contributed by atoms with E-state index >= 15 is 0 Å². The van der Waals surface area contributed by atoms with Crippen LogP contribution in [0.4, 0.5) is 0 Å². The van der Waals surface area contributed by atoms with Gasteiger partial charge in [0, 0.05) is 25.0 Å². The summed E-state index contributed by atoms with van der Waals surface area (Å²) in [6, 6.07) is 10.6. The van der Waals surface area contributed by atoms with Gasteiger partial charge in [0.25, 0.3) is 0 Å². The molecule has 5 nitrogen and oxygen atoms in total. The van der Waals surface area contributed by atoms with Crippen molar-refractivity contribution in [3.8, 4) is 0 Å². The van der Waals surface area contributed by atoms with Gasteiger partial charge in [0.15, 0.2) is 0 Å². The number of rotatable bonds is 7. The van der Waals surface area contributed by atoms with Crippen LogP contribution in [-0.2, 0) is 16.0 Å². The summed E-state index contributed by atoms with van der Waals surface area (Å²) >= 11 is 0. The molecule has 0 aromatic heterocycles. The molecule has 164 valence electrons. The summed E-state index contributed by atoms with van der Waals surface area (Å²) in [6.07, 6.45) is 2.61. The third kappa shape index (κ3) is 3.77. The van der Waals surface area contributed by atoms with Crippen LogP contribution in [0.25, 0.3) is 0 Å². The van der Waals surface area contributed by atoms with Crippen molar-refractivity contribution in [2.75, 3.05) is 19.6 Å². The lowest BCUT2D eigenvalue weighted by atomic mass is 9.53. The smallest absolute Gasteiger partial charge is 0.246 e. The zero-order chi connectivity index (χ0) is 21.5. The van der Waals surface area contributed by atoms with Gasteiger partial charge in [-0.3, -0.25) is 14.5 Å². The maximum atomic E-state index is 13.6. The van der Waals surface area contributed by atoms with E-state index in [-0.39, 0.29) is 29.7 Å². The summed E-state index contributed by atoms with van der Waals surface area (Å²) in [5.74, 6) is 1.43. The highest BCUT2D eigenvalue weighted by Gasteiger charge is 2.66. The number of amides is 2. The van der Waals surface area contributed by atoms with Gasteiger partial charge in [-0.2, -0.15) is 0 Å². The van der Waals surface area contributed by atoms with E-state index in [2.05, 4.69) is 67.5 Å². The first kappa shape index (κ1) is 21.4. The van der Waals surface area contributed by atoms with Crippen molar-refractivity contribution in [1.29, 1.82) is 0 Å². The van der Waals surface area contributed by atoms with E-state index in [0.29, 0.717) is 24.3 Å². The molecule has 2 amide bonds. The molecule has 4 bridgehead atoms. The summed E-state index contributed by atoms with van der Waals surface area (Å²) in [4.78, 5) is 29.4. The average Bonchev–Trinajstić information content (AvgIpc) is 2.70. The van der Waals surface area contributed by atoms with Crippen molar-refractivity contribution >= 4 is 11.8 Å². The molecule has 5 atom stereocenters. The van der Waals surface area contributed by atoms with Crippen LogP contribution in [0.2, 0.25) is 0 Å². The molecule has 1 aliphatic carbocycles. The predicted molar refractivity (Wildman–Crippen MR) is 119 cm³/mol. The van der Waals surface area contributed by atoms with E-state index in [4.69, 9.17) is 0 Å². The Morgan fingerprint density at radius 3 is 2.60 bits per heavy atom. The monoisotopic (exact) mass is 411 g/mol.